The molecule has 1 aliphatic rings. The van der Waals surface area contributed by atoms with Crippen LogP contribution < -0.4 is 15.5 Å². The van der Waals surface area contributed by atoms with E-state index in [1.165, 1.54) is 22.8 Å². The molecule has 3 rings (SSSR count). The highest BCUT2D eigenvalue weighted by Gasteiger charge is 2.23. The van der Waals surface area contributed by atoms with Gasteiger partial charge in [0.25, 0.3) is 0 Å². The van der Waals surface area contributed by atoms with Crippen LogP contribution in [0, 0.1) is 38.3 Å². The van der Waals surface area contributed by atoms with Crippen molar-refractivity contribution in [3.05, 3.63) is 64.2 Å². The van der Waals surface area contributed by atoms with E-state index in [0.29, 0.717) is 25.3 Å². The van der Waals surface area contributed by atoms with E-state index in [1.54, 1.807) is 6.07 Å². The second-order valence-corrected chi connectivity index (χ2v) is 7.64. The summed E-state index contributed by atoms with van der Waals surface area (Å²) in [5.41, 5.74) is 5.39. The van der Waals surface area contributed by atoms with Gasteiger partial charge in [0.1, 0.15) is 0 Å². The number of aryl methyl sites for hydroxylation is 3. The molecule has 2 aromatic carbocycles. The van der Waals surface area contributed by atoms with Crippen LogP contribution in [0.15, 0.2) is 30.3 Å². The Kier molecular flexibility index (Phi) is 6.17. The second kappa shape index (κ2) is 8.59. The molecule has 0 spiro atoms. The van der Waals surface area contributed by atoms with Crippen LogP contribution in [-0.4, -0.2) is 25.7 Å². The standard InChI is InChI=1S/C22H27F2N3O/c1-14-8-15(2)19(16(3)9-14)12-26-22(28)25-11-17-6-7-27(13-17)18-4-5-20(23)21(24)10-18/h4-5,8-10,17H,6-7,11-13H2,1-3H3,(H2,25,26,28). The Labute approximate surface area is 164 Å². The largest absolute Gasteiger partial charge is 0.371 e. The van der Waals surface area contributed by atoms with Crippen molar-refractivity contribution in [2.24, 2.45) is 5.92 Å². The number of urea groups is 1. The predicted molar refractivity (Wildman–Crippen MR) is 108 cm³/mol. The number of anilines is 1. The molecule has 150 valence electrons. The highest BCUT2D eigenvalue weighted by Crippen LogP contribution is 2.25. The highest BCUT2D eigenvalue weighted by atomic mass is 19.2. The maximum Gasteiger partial charge on any atom is 0.315 e. The van der Waals surface area contributed by atoms with Crippen molar-refractivity contribution in [2.45, 2.75) is 33.7 Å². The third-order valence-electron chi connectivity index (χ3n) is 5.37. The summed E-state index contributed by atoms with van der Waals surface area (Å²) in [4.78, 5) is 14.2. The summed E-state index contributed by atoms with van der Waals surface area (Å²) in [5.74, 6) is -1.39. The van der Waals surface area contributed by atoms with Crippen molar-refractivity contribution in [3.63, 3.8) is 0 Å². The first kappa shape index (κ1) is 20.1. The second-order valence-electron chi connectivity index (χ2n) is 7.64. The molecular weight excluding hydrogens is 360 g/mol. The van der Waals surface area contributed by atoms with Crippen LogP contribution in [0.4, 0.5) is 19.3 Å². The molecular formula is C22H27F2N3O. The van der Waals surface area contributed by atoms with E-state index in [0.717, 1.165) is 24.6 Å². The minimum absolute atomic E-state index is 0.189. The summed E-state index contributed by atoms with van der Waals surface area (Å²) < 4.78 is 26.5. The molecule has 0 saturated carbocycles. The quantitative estimate of drug-likeness (QED) is 0.807. The zero-order valence-corrected chi connectivity index (χ0v) is 16.6. The van der Waals surface area contributed by atoms with E-state index >= 15 is 0 Å². The molecule has 1 heterocycles. The molecule has 0 bridgehead atoms. The average Bonchev–Trinajstić information content (AvgIpc) is 3.10. The summed E-state index contributed by atoms with van der Waals surface area (Å²) in [5, 5.41) is 5.85. The number of hydrogen-bond donors (Lipinski definition) is 2. The fourth-order valence-electron chi connectivity index (χ4n) is 3.87. The monoisotopic (exact) mass is 387 g/mol. The van der Waals surface area contributed by atoms with Gasteiger partial charge in [0.05, 0.1) is 0 Å². The number of amides is 2. The lowest BCUT2D eigenvalue weighted by Crippen LogP contribution is -2.38. The summed E-state index contributed by atoms with van der Waals surface area (Å²) in [7, 11) is 0. The van der Waals surface area contributed by atoms with E-state index < -0.39 is 11.6 Å². The van der Waals surface area contributed by atoms with E-state index in [-0.39, 0.29) is 11.9 Å². The summed E-state index contributed by atoms with van der Waals surface area (Å²) in [6, 6.07) is 8.02. The van der Waals surface area contributed by atoms with Crippen molar-refractivity contribution in [1.29, 1.82) is 0 Å². The predicted octanol–water partition coefficient (Wildman–Crippen LogP) is 4.22. The molecule has 2 aromatic rings. The molecule has 1 aliphatic heterocycles. The van der Waals surface area contributed by atoms with Gasteiger partial charge in [-0.05, 0) is 61.9 Å². The van der Waals surface area contributed by atoms with E-state index in [4.69, 9.17) is 0 Å². The van der Waals surface area contributed by atoms with Crippen LogP contribution >= 0.6 is 0 Å². The number of nitrogens with one attached hydrogen (secondary N) is 2. The van der Waals surface area contributed by atoms with E-state index in [2.05, 4.69) is 43.5 Å². The number of rotatable bonds is 5. The first-order valence-electron chi connectivity index (χ1n) is 9.62. The van der Waals surface area contributed by atoms with Gasteiger partial charge in [-0.2, -0.15) is 0 Å². The van der Waals surface area contributed by atoms with Gasteiger partial charge in [-0.1, -0.05) is 17.7 Å². The van der Waals surface area contributed by atoms with Crippen molar-refractivity contribution < 1.29 is 13.6 Å². The molecule has 0 aliphatic carbocycles. The Hall–Kier alpha value is -2.63. The molecule has 4 nitrogen and oxygen atoms in total. The van der Waals surface area contributed by atoms with Gasteiger partial charge in [0.15, 0.2) is 11.6 Å². The number of nitrogens with zero attached hydrogens (tertiary/aromatic N) is 1. The molecule has 0 aromatic heterocycles. The number of benzene rings is 2. The lowest BCUT2D eigenvalue weighted by molar-refractivity contribution is 0.239. The molecule has 6 heteroatoms. The van der Waals surface area contributed by atoms with Crippen molar-refractivity contribution in [1.82, 2.24) is 10.6 Å². The fraction of sp³-hybridized carbons (Fsp3) is 0.409. The van der Waals surface area contributed by atoms with Gasteiger partial charge in [-0.25, -0.2) is 13.6 Å². The molecule has 2 N–H and O–H groups in total. The molecule has 2 amide bonds. The number of carbonyl (C=O) groups is 1. The Morgan fingerprint density at radius 3 is 2.46 bits per heavy atom. The van der Waals surface area contributed by atoms with Gasteiger partial charge in [-0.15, -0.1) is 0 Å². The van der Waals surface area contributed by atoms with Crippen LogP contribution in [-0.2, 0) is 6.54 Å². The molecule has 1 saturated heterocycles. The fourth-order valence-corrected chi connectivity index (χ4v) is 3.87. The van der Waals surface area contributed by atoms with Crippen LogP contribution in [0.3, 0.4) is 0 Å². The van der Waals surface area contributed by atoms with Gasteiger partial charge < -0.3 is 15.5 Å². The minimum Gasteiger partial charge on any atom is -0.371 e. The molecule has 0 radical (unpaired) electrons. The van der Waals surface area contributed by atoms with Crippen LogP contribution in [0.2, 0.25) is 0 Å². The summed E-state index contributed by atoms with van der Waals surface area (Å²) in [6.07, 6.45) is 0.898. The lowest BCUT2D eigenvalue weighted by Gasteiger charge is -2.19. The summed E-state index contributed by atoms with van der Waals surface area (Å²) >= 11 is 0. The van der Waals surface area contributed by atoms with Gasteiger partial charge in [0, 0.05) is 37.9 Å². The number of hydrogen-bond acceptors (Lipinski definition) is 2. The van der Waals surface area contributed by atoms with E-state index in [9.17, 15) is 13.6 Å². The zero-order chi connectivity index (χ0) is 20.3. The first-order chi connectivity index (χ1) is 13.3. The maximum absolute atomic E-state index is 13.4. The van der Waals surface area contributed by atoms with E-state index in [1.807, 2.05) is 4.90 Å². The molecule has 1 fully saturated rings. The zero-order valence-electron chi connectivity index (χ0n) is 16.6. The van der Waals surface area contributed by atoms with Gasteiger partial charge in [0.2, 0.25) is 0 Å². The smallest absolute Gasteiger partial charge is 0.315 e. The first-order valence-corrected chi connectivity index (χ1v) is 9.62. The Morgan fingerprint density at radius 2 is 1.79 bits per heavy atom. The number of carbonyl (C=O) groups excluding carboxylic acids is 1. The van der Waals surface area contributed by atoms with Crippen molar-refractivity contribution >= 4 is 11.7 Å². The summed E-state index contributed by atoms with van der Waals surface area (Å²) in [6.45, 7) is 8.70. The Balaban J connectivity index is 1.46. The van der Waals surface area contributed by atoms with Gasteiger partial charge in [-0.3, -0.25) is 0 Å². The van der Waals surface area contributed by atoms with Crippen molar-refractivity contribution in [2.75, 3.05) is 24.5 Å². The normalized spacial score (nSPS) is 16.3. The van der Waals surface area contributed by atoms with Crippen LogP contribution in [0.5, 0.6) is 0 Å². The van der Waals surface area contributed by atoms with Crippen LogP contribution in [0.25, 0.3) is 0 Å². The van der Waals surface area contributed by atoms with Gasteiger partial charge >= 0.3 is 6.03 Å². The van der Waals surface area contributed by atoms with Crippen molar-refractivity contribution in [3.8, 4) is 0 Å². The number of halogens is 2. The Morgan fingerprint density at radius 1 is 1.07 bits per heavy atom. The lowest BCUT2D eigenvalue weighted by atomic mass is 10.00. The Bertz CT molecular complexity index is 846. The molecule has 1 atom stereocenters. The topological polar surface area (TPSA) is 44.4 Å². The average molecular weight is 387 g/mol. The third kappa shape index (κ3) is 4.80. The maximum atomic E-state index is 13.4. The molecule has 28 heavy (non-hydrogen) atoms. The SMILES string of the molecule is Cc1cc(C)c(CNC(=O)NCC2CCN(c3ccc(F)c(F)c3)C2)c(C)c1. The van der Waals surface area contributed by atoms with Crippen LogP contribution in [0.1, 0.15) is 28.7 Å². The minimum atomic E-state index is -0.836. The molecule has 1 unspecified atom stereocenters. The third-order valence-corrected chi connectivity index (χ3v) is 5.37. The highest BCUT2D eigenvalue weighted by molar-refractivity contribution is 5.74.